The number of benzene rings is 1. The summed E-state index contributed by atoms with van der Waals surface area (Å²) in [6.45, 7) is 8.26. The molecule has 2 aromatic rings. The highest BCUT2D eigenvalue weighted by atomic mass is 19.1. The maximum absolute atomic E-state index is 13.6. The Morgan fingerprint density at radius 3 is 2.65 bits per heavy atom. The molecule has 0 saturated heterocycles. The Morgan fingerprint density at radius 1 is 1.35 bits per heavy atom. The molecule has 0 aliphatic heterocycles. The van der Waals surface area contributed by atoms with Gasteiger partial charge < -0.3 is 9.67 Å². The van der Waals surface area contributed by atoms with Crippen molar-refractivity contribution in [3.05, 3.63) is 39.9 Å². The van der Waals surface area contributed by atoms with E-state index in [1.54, 1.807) is 4.57 Å². The zero-order valence-corrected chi connectivity index (χ0v) is 14.1. The number of aromatic hydroxyl groups is 1. The minimum Gasteiger partial charge on any atom is -0.506 e. The van der Waals surface area contributed by atoms with Crippen LogP contribution in [0.3, 0.4) is 0 Å². The monoisotopic (exact) mass is 318 g/mol. The van der Waals surface area contributed by atoms with E-state index >= 15 is 0 Å². The summed E-state index contributed by atoms with van der Waals surface area (Å²) in [5.41, 5.74) is -0.0308. The lowest BCUT2D eigenvalue weighted by Gasteiger charge is -2.15. The van der Waals surface area contributed by atoms with E-state index in [-0.39, 0.29) is 22.4 Å². The Hall–Kier alpha value is -2.17. The van der Waals surface area contributed by atoms with E-state index in [9.17, 15) is 14.3 Å². The maximum Gasteiger partial charge on any atom is 0.263 e. The highest BCUT2D eigenvalue weighted by Gasteiger charge is 2.16. The van der Waals surface area contributed by atoms with E-state index in [0.29, 0.717) is 17.4 Å². The second-order valence-corrected chi connectivity index (χ2v) is 6.66. The van der Waals surface area contributed by atoms with Gasteiger partial charge in [-0.25, -0.2) is 4.39 Å². The van der Waals surface area contributed by atoms with Gasteiger partial charge in [-0.05, 0) is 45.4 Å². The van der Waals surface area contributed by atoms with Crippen LogP contribution in [-0.2, 0) is 6.54 Å². The third kappa shape index (κ3) is 3.78. The number of rotatable bonds is 4. The normalized spacial score (nSPS) is 12.4. The van der Waals surface area contributed by atoms with Gasteiger partial charge in [-0.3, -0.25) is 9.79 Å². The Kier molecular flexibility index (Phi) is 4.88. The number of pyridine rings is 1. The summed E-state index contributed by atoms with van der Waals surface area (Å²) in [6, 6.07) is 4.08. The van der Waals surface area contributed by atoms with Gasteiger partial charge >= 0.3 is 0 Å². The van der Waals surface area contributed by atoms with Crippen molar-refractivity contribution in [1.82, 2.24) is 4.57 Å². The Labute approximate surface area is 135 Å². The molecule has 0 amide bonds. The van der Waals surface area contributed by atoms with Crippen molar-refractivity contribution >= 4 is 17.1 Å². The molecule has 5 heteroatoms. The number of halogens is 1. The molecule has 1 N–H and O–H groups in total. The Bertz CT molecular complexity index is 801. The highest BCUT2D eigenvalue weighted by Crippen LogP contribution is 2.27. The molecule has 0 aliphatic carbocycles. The number of unbranched alkanes of at least 4 members (excludes halogenated alkanes) is 1. The van der Waals surface area contributed by atoms with E-state index in [2.05, 4.69) is 4.99 Å². The predicted molar refractivity (Wildman–Crippen MR) is 92.1 cm³/mol. The molecule has 1 aromatic carbocycles. The molecule has 0 unspecified atom stereocenters. The second-order valence-electron chi connectivity index (χ2n) is 6.66. The van der Waals surface area contributed by atoms with Crippen molar-refractivity contribution in [2.75, 3.05) is 0 Å². The summed E-state index contributed by atoms with van der Waals surface area (Å²) in [5, 5.41) is 10.8. The van der Waals surface area contributed by atoms with Gasteiger partial charge in [0.1, 0.15) is 17.1 Å². The second kappa shape index (κ2) is 6.52. The molecule has 1 heterocycles. The molecule has 0 spiro atoms. The SMILES string of the molecule is CCCCn1c(=O)c(C=NC(C)(C)C)c(O)c2cc(F)ccc21. The first-order valence-electron chi connectivity index (χ1n) is 7.85. The van der Waals surface area contributed by atoms with Crippen LogP contribution >= 0.6 is 0 Å². The number of fused-ring (bicyclic) bond motifs is 1. The summed E-state index contributed by atoms with van der Waals surface area (Å²) >= 11 is 0. The van der Waals surface area contributed by atoms with Crippen molar-refractivity contribution in [2.24, 2.45) is 4.99 Å². The molecular weight excluding hydrogens is 295 g/mol. The summed E-state index contributed by atoms with van der Waals surface area (Å²) in [6.07, 6.45) is 3.15. The zero-order chi connectivity index (χ0) is 17.2. The average molecular weight is 318 g/mol. The van der Waals surface area contributed by atoms with E-state index in [0.717, 1.165) is 12.8 Å². The highest BCUT2D eigenvalue weighted by molar-refractivity contribution is 5.95. The molecule has 4 nitrogen and oxygen atoms in total. The minimum absolute atomic E-state index is 0.106. The third-order valence-electron chi connectivity index (χ3n) is 3.55. The first-order chi connectivity index (χ1) is 10.7. The predicted octanol–water partition coefficient (Wildman–Crippen LogP) is 3.86. The van der Waals surface area contributed by atoms with Gasteiger partial charge in [-0.1, -0.05) is 13.3 Å². The molecule has 124 valence electrons. The molecule has 23 heavy (non-hydrogen) atoms. The largest absolute Gasteiger partial charge is 0.506 e. The Balaban J connectivity index is 2.76. The van der Waals surface area contributed by atoms with Crippen molar-refractivity contribution in [3.63, 3.8) is 0 Å². The fraction of sp³-hybridized carbons (Fsp3) is 0.444. The lowest BCUT2D eigenvalue weighted by molar-refractivity contribution is 0.476. The lowest BCUT2D eigenvalue weighted by atomic mass is 10.1. The molecule has 0 bridgehead atoms. The van der Waals surface area contributed by atoms with Crippen LogP contribution in [0, 0.1) is 5.82 Å². The number of nitrogens with zero attached hydrogens (tertiary/aromatic N) is 2. The third-order valence-corrected chi connectivity index (χ3v) is 3.55. The van der Waals surface area contributed by atoms with Crippen molar-refractivity contribution < 1.29 is 9.50 Å². The first-order valence-corrected chi connectivity index (χ1v) is 7.85. The van der Waals surface area contributed by atoms with Crippen LogP contribution in [0.5, 0.6) is 5.75 Å². The van der Waals surface area contributed by atoms with Crippen LogP contribution in [0.2, 0.25) is 0 Å². The van der Waals surface area contributed by atoms with Gasteiger partial charge in [-0.2, -0.15) is 0 Å². The number of aromatic nitrogens is 1. The summed E-state index contributed by atoms with van der Waals surface area (Å²) in [7, 11) is 0. The smallest absolute Gasteiger partial charge is 0.263 e. The van der Waals surface area contributed by atoms with Crippen LogP contribution < -0.4 is 5.56 Å². The van der Waals surface area contributed by atoms with Gasteiger partial charge in [0.15, 0.2) is 0 Å². The van der Waals surface area contributed by atoms with Crippen LogP contribution in [0.15, 0.2) is 28.0 Å². The van der Waals surface area contributed by atoms with E-state index in [1.807, 2.05) is 27.7 Å². The van der Waals surface area contributed by atoms with Crippen LogP contribution in [0.25, 0.3) is 10.9 Å². The first kappa shape index (κ1) is 17.2. The molecule has 0 aliphatic rings. The topological polar surface area (TPSA) is 54.6 Å². The zero-order valence-electron chi connectivity index (χ0n) is 14.1. The lowest BCUT2D eigenvalue weighted by Crippen LogP contribution is -2.25. The van der Waals surface area contributed by atoms with Gasteiger partial charge in [0.2, 0.25) is 0 Å². The molecule has 0 saturated carbocycles. The standard InChI is InChI=1S/C18H23FN2O2/c1-5-6-9-21-15-8-7-12(19)10-13(15)16(22)14(17(21)23)11-20-18(2,3)4/h7-8,10-11,22H,5-6,9H2,1-4H3. The van der Waals surface area contributed by atoms with E-state index in [4.69, 9.17) is 0 Å². The molecule has 0 atom stereocenters. The summed E-state index contributed by atoms with van der Waals surface area (Å²) < 4.78 is 15.2. The molecule has 0 fully saturated rings. The van der Waals surface area contributed by atoms with Gasteiger partial charge in [0, 0.05) is 18.1 Å². The van der Waals surface area contributed by atoms with Crippen LogP contribution in [0.4, 0.5) is 4.39 Å². The van der Waals surface area contributed by atoms with Gasteiger partial charge in [-0.15, -0.1) is 0 Å². The average Bonchev–Trinajstić information content (AvgIpc) is 2.46. The van der Waals surface area contributed by atoms with Crippen molar-refractivity contribution in [2.45, 2.75) is 52.6 Å². The molecule has 0 radical (unpaired) electrons. The fourth-order valence-electron chi connectivity index (χ4n) is 2.35. The number of aryl methyl sites for hydroxylation is 1. The minimum atomic E-state index is -0.452. The fourth-order valence-corrected chi connectivity index (χ4v) is 2.35. The molecular formula is C18H23FN2O2. The summed E-state index contributed by atoms with van der Waals surface area (Å²) in [4.78, 5) is 17.0. The Morgan fingerprint density at radius 2 is 2.04 bits per heavy atom. The van der Waals surface area contributed by atoms with Gasteiger partial charge in [0.05, 0.1) is 11.1 Å². The van der Waals surface area contributed by atoms with Crippen molar-refractivity contribution in [3.8, 4) is 5.75 Å². The number of hydrogen-bond donors (Lipinski definition) is 1. The van der Waals surface area contributed by atoms with Gasteiger partial charge in [0.25, 0.3) is 5.56 Å². The molecule has 2 rings (SSSR count). The maximum atomic E-state index is 13.6. The molecule has 1 aromatic heterocycles. The quantitative estimate of drug-likeness (QED) is 0.870. The van der Waals surface area contributed by atoms with E-state index in [1.165, 1.54) is 24.4 Å². The number of hydrogen-bond acceptors (Lipinski definition) is 3. The van der Waals surface area contributed by atoms with Crippen LogP contribution in [0.1, 0.15) is 46.1 Å². The van der Waals surface area contributed by atoms with E-state index < -0.39 is 5.82 Å². The summed E-state index contributed by atoms with van der Waals surface area (Å²) in [5.74, 6) is -0.669. The van der Waals surface area contributed by atoms with Crippen molar-refractivity contribution in [1.29, 1.82) is 0 Å². The van der Waals surface area contributed by atoms with Crippen LogP contribution in [-0.4, -0.2) is 21.4 Å². The number of aliphatic imine (C=N–C) groups is 1.